The summed E-state index contributed by atoms with van der Waals surface area (Å²) in [7, 11) is 1.93. The molecule has 1 unspecified atom stereocenters. The molecular weight excluding hydrogens is 334 g/mol. The van der Waals surface area contributed by atoms with E-state index in [2.05, 4.69) is 65.5 Å². The van der Waals surface area contributed by atoms with Crippen LogP contribution in [0.5, 0.6) is 0 Å². The Balaban J connectivity index is 0.000000550. The molecule has 0 spiro atoms. The fourth-order valence-corrected chi connectivity index (χ4v) is 2.56. The Bertz CT molecular complexity index is 382. The van der Waals surface area contributed by atoms with Gasteiger partial charge in [0.15, 0.2) is 0 Å². The van der Waals surface area contributed by atoms with Crippen molar-refractivity contribution in [1.82, 2.24) is 21.3 Å². The molecule has 2 rings (SSSR count). The monoisotopic (exact) mass is 377 g/mol. The molecular formula is C22H43N5. The second kappa shape index (κ2) is 21.1. The average molecular weight is 378 g/mol. The van der Waals surface area contributed by atoms with Gasteiger partial charge < -0.3 is 21.3 Å². The van der Waals surface area contributed by atoms with Gasteiger partial charge in [0, 0.05) is 31.6 Å². The topological polar surface area (TPSA) is 71.9 Å². The minimum absolute atomic E-state index is 0.573. The Morgan fingerprint density at radius 1 is 1.11 bits per heavy atom. The zero-order valence-corrected chi connectivity index (χ0v) is 17.9. The van der Waals surface area contributed by atoms with Crippen molar-refractivity contribution in [3.05, 3.63) is 24.3 Å². The zero-order valence-electron chi connectivity index (χ0n) is 17.9. The molecule has 1 aliphatic carbocycles. The normalized spacial score (nSPS) is 16.2. The van der Waals surface area contributed by atoms with Crippen LogP contribution >= 0.6 is 0 Å². The van der Waals surface area contributed by atoms with E-state index in [1.54, 1.807) is 0 Å². The molecule has 0 bridgehead atoms. The van der Waals surface area contributed by atoms with Crippen LogP contribution in [0.4, 0.5) is 0 Å². The molecule has 4 N–H and O–H groups in total. The lowest BCUT2D eigenvalue weighted by Crippen LogP contribution is -2.55. The molecule has 0 saturated carbocycles. The van der Waals surface area contributed by atoms with Crippen molar-refractivity contribution in [2.45, 2.75) is 70.9 Å². The maximum Gasteiger partial charge on any atom is 0.0621 e. The summed E-state index contributed by atoms with van der Waals surface area (Å²) in [5.74, 6) is 0. The van der Waals surface area contributed by atoms with Gasteiger partial charge in [0.05, 0.1) is 6.07 Å². The van der Waals surface area contributed by atoms with E-state index in [0.717, 1.165) is 45.6 Å². The van der Waals surface area contributed by atoms with Crippen LogP contribution < -0.4 is 21.3 Å². The first-order valence-corrected chi connectivity index (χ1v) is 10.8. The van der Waals surface area contributed by atoms with Gasteiger partial charge in [0.2, 0.25) is 0 Å². The van der Waals surface area contributed by atoms with Crippen LogP contribution in [0.15, 0.2) is 24.3 Å². The standard InChI is InChI=1S/C13H26N4.C6H8.C3H9N/c1-2-8-16-12(5-3-4-7-14)6-9-17-13-10-15-11-13;1-2-4-6-5-3-1;1-3-4-2/h12-13,15-17H,2-6,8-11H2,1H3;1-4H,5-6H2;4H,3H2,1-2H3. The lowest BCUT2D eigenvalue weighted by atomic mass is 10.1. The highest BCUT2D eigenvalue weighted by atomic mass is 15.1. The van der Waals surface area contributed by atoms with E-state index in [4.69, 9.17) is 5.26 Å². The molecule has 1 aliphatic heterocycles. The van der Waals surface area contributed by atoms with E-state index < -0.39 is 0 Å². The summed E-state index contributed by atoms with van der Waals surface area (Å²) in [6.07, 6.45) is 16.2. The lowest BCUT2D eigenvalue weighted by molar-refractivity contribution is 0.347. The fraction of sp³-hybridized carbons (Fsp3) is 0.773. The van der Waals surface area contributed by atoms with Crippen LogP contribution in [0, 0.1) is 11.3 Å². The van der Waals surface area contributed by atoms with Crippen molar-refractivity contribution in [3.63, 3.8) is 0 Å². The Morgan fingerprint density at radius 3 is 2.19 bits per heavy atom. The third-order valence-electron chi connectivity index (χ3n) is 4.47. The maximum absolute atomic E-state index is 8.55. The Morgan fingerprint density at radius 2 is 1.78 bits per heavy atom. The van der Waals surface area contributed by atoms with E-state index in [0.29, 0.717) is 18.5 Å². The third-order valence-corrected chi connectivity index (χ3v) is 4.47. The van der Waals surface area contributed by atoms with Gasteiger partial charge in [0.1, 0.15) is 0 Å². The van der Waals surface area contributed by atoms with E-state index in [9.17, 15) is 0 Å². The first-order valence-electron chi connectivity index (χ1n) is 10.8. The summed E-state index contributed by atoms with van der Waals surface area (Å²) in [4.78, 5) is 0. The average Bonchev–Trinajstić information content (AvgIpc) is 2.69. The predicted octanol–water partition coefficient (Wildman–Crippen LogP) is 3.12. The van der Waals surface area contributed by atoms with Crippen LogP contribution in [-0.4, -0.2) is 51.9 Å². The van der Waals surface area contributed by atoms with Gasteiger partial charge in [-0.05, 0) is 65.2 Å². The molecule has 1 heterocycles. The molecule has 0 aromatic rings. The molecule has 5 heteroatoms. The molecule has 0 aromatic carbocycles. The van der Waals surface area contributed by atoms with Crippen molar-refractivity contribution in [2.75, 3.05) is 39.8 Å². The molecule has 0 radical (unpaired) electrons. The van der Waals surface area contributed by atoms with Gasteiger partial charge in [0.25, 0.3) is 0 Å². The molecule has 0 aromatic heterocycles. The highest BCUT2D eigenvalue weighted by Crippen LogP contribution is 2.04. The maximum atomic E-state index is 8.55. The van der Waals surface area contributed by atoms with Gasteiger partial charge >= 0.3 is 0 Å². The number of nitrogens with one attached hydrogen (secondary N) is 4. The minimum Gasteiger partial charge on any atom is -0.320 e. The molecule has 1 saturated heterocycles. The smallest absolute Gasteiger partial charge is 0.0621 e. The minimum atomic E-state index is 0.573. The molecule has 1 atom stereocenters. The van der Waals surface area contributed by atoms with Gasteiger partial charge in [-0.15, -0.1) is 0 Å². The van der Waals surface area contributed by atoms with Crippen LogP contribution in [-0.2, 0) is 0 Å². The number of nitrogens with zero attached hydrogens (tertiary/aromatic N) is 1. The van der Waals surface area contributed by atoms with Crippen LogP contribution in [0.1, 0.15) is 58.8 Å². The van der Waals surface area contributed by atoms with Crippen molar-refractivity contribution < 1.29 is 0 Å². The Kier molecular flexibility index (Phi) is 20.2. The number of allylic oxidation sites excluding steroid dienone is 4. The van der Waals surface area contributed by atoms with Gasteiger partial charge in [-0.2, -0.15) is 5.26 Å². The first-order chi connectivity index (χ1) is 13.3. The van der Waals surface area contributed by atoms with E-state index in [1.807, 2.05) is 7.05 Å². The summed E-state index contributed by atoms with van der Waals surface area (Å²) < 4.78 is 0. The largest absolute Gasteiger partial charge is 0.320 e. The van der Waals surface area contributed by atoms with Crippen LogP contribution in [0.25, 0.3) is 0 Å². The van der Waals surface area contributed by atoms with Crippen molar-refractivity contribution in [3.8, 4) is 6.07 Å². The molecule has 1 fully saturated rings. The predicted molar refractivity (Wildman–Crippen MR) is 118 cm³/mol. The second-order valence-corrected chi connectivity index (χ2v) is 6.94. The quantitative estimate of drug-likeness (QED) is 0.417. The molecule has 2 aliphatic rings. The second-order valence-electron chi connectivity index (χ2n) is 6.94. The van der Waals surface area contributed by atoms with Crippen LogP contribution in [0.3, 0.4) is 0 Å². The van der Waals surface area contributed by atoms with Crippen molar-refractivity contribution >= 4 is 0 Å². The molecule has 27 heavy (non-hydrogen) atoms. The van der Waals surface area contributed by atoms with Crippen molar-refractivity contribution in [1.29, 1.82) is 5.26 Å². The van der Waals surface area contributed by atoms with Gasteiger partial charge in [-0.3, -0.25) is 0 Å². The zero-order chi connectivity index (χ0) is 20.0. The summed E-state index contributed by atoms with van der Waals surface area (Å²) in [5, 5.41) is 21.9. The number of hydrogen-bond donors (Lipinski definition) is 4. The van der Waals surface area contributed by atoms with Gasteiger partial charge in [-0.1, -0.05) is 38.2 Å². The highest BCUT2D eigenvalue weighted by molar-refractivity contribution is 5.07. The summed E-state index contributed by atoms with van der Waals surface area (Å²) in [6.45, 7) is 9.73. The number of unbranched alkanes of at least 4 members (excludes halogenated alkanes) is 1. The highest BCUT2D eigenvalue weighted by Gasteiger charge is 2.15. The third kappa shape index (κ3) is 18.0. The fourth-order valence-electron chi connectivity index (χ4n) is 2.56. The number of hydrogen-bond acceptors (Lipinski definition) is 5. The number of nitriles is 1. The summed E-state index contributed by atoms with van der Waals surface area (Å²) >= 11 is 0. The molecule has 156 valence electrons. The van der Waals surface area contributed by atoms with E-state index >= 15 is 0 Å². The number of rotatable bonds is 11. The Labute approximate surface area is 168 Å². The Hall–Kier alpha value is -1.19. The van der Waals surface area contributed by atoms with E-state index in [-0.39, 0.29) is 0 Å². The first kappa shape index (κ1) is 25.8. The SMILES string of the molecule is C1=CCCC=C1.CCCNC(CCCC#N)CCNC1CNC1.CCNC. The molecule has 0 amide bonds. The molecule has 5 nitrogen and oxygen atoms in total. The van der Waals surface area contributed by atoms with Gasteiger partial charge in [-0.25, -0.2) is 0 Å². The summed E-state index contributed by atoms with van der Waals surface area (Å²) in [5.41, 5.74) is 0. The van der Waals surface area contributed by atoms with Crippen molar-refractivity contribution in [2.24, 2.45) is 0 Å². The lowest BCUT2D eigenvalue weighted by Gasteiger charge is -2.29. The van der Waals surface area contributed by atoms with E-state index in [1.165, 1.54) is 25.7 Å². The summed E-state index contributed by atoms with van der Waals surface area (Å²) in [6, 6.07) is 3.47. The van der Waals surface area contributed by atoms with Crippen LogP contribution in [0.2, 0.25) is 0 Å².